The largest absolute Gasteiger partial charge is 0.456 e. The Morgan fingerprint density at radius 3 is 2.20 bits per heavy atom. The summed E-state index contributed by atoms with van der Waals surface area (Å²) in [4.78, 5) is 31.3. The van der Waals surface area contributed by atoms with Gasteiger partial charge in [0.25, 0.3) is 0 Å². The van der Waals surface area contributed by atoms with Gasteiger partial charge in [-0.05, 0) is 113 Å². The number of halogens is 1. The van der Waals surface area contributed by atoms with Gasteiger partial charge in [-0.3, -0.25) is 9.48 Å². The van der Waals surface area contributed by atoms with Crippen molar-refractivity contribution in [2.24, 2.45) is 0 Å². The van der Waals surface area contributed by atoms with Gasteiger partial charge in [0.15, 0.2) is 0 Å². The lowest BCUT2D eigenvalue weighted by atomic mass is 9.88. The first-order valence-electron chi connectivity index (χ1n) is 14.8. The lowest BCUT2D eigenvalue weighted by Crippen LogP contribution is -2.48. The molecule has 0 radical (unpaired) electrons. The van der Waals surface area contributed by atoms with Gasteiger partial charge in [0.05, 0.1) is 18.2 Å². The Labute approximate surface area is 252 Å². The quantitative estimate of drug-likeness (QED) is 0.315. The van der Waals surface area contributed by atoms with Crippen LogP contribution in [0.5, 0.6) is 0 Å². The van der Waals surface area contributed by atoms with E-state index in [0.717, 1.165) is 42.6 Å². The van der Waals surface area contributed by atoms with Crippen molar-refractivity contribution in [3.8, 4) is 0 Å². The molecule has 40 heavy (non-hydrogen) atoms. The fourth-order valence-electron chi connectivity index (χ4n) is 6.66. The van der Waals surface area contributed by atoms with Crippen LogP contribution in [0.4, 0.5) is 5.69 Å². The molecule has 1 aromatic heterocycles. The molecule has 3 heterocycles. The third-order valence-electron chi connectivity index (χ3n) is 8.98. The van der Waals surface area contributed by atoms with Crippen molar-refractivity contribution < 1.29 is 14.3 Å². The topological polar surface area (TPSA) is 70.9 Å². The van der Waals surface area contributed by atoms with E-state index in [4.69, 9.17) is 9.84 Å². The number of fused-ring (bicyclic) bond motifs is 1. The zero-order valence-electron chi connectivity index (χ0n) is 24.7. The van der Waals surface area contributed by atoms with Gasteiger partial charge in [0.1, 0.15) is 9.30 Å². The van der Waals surface area contributed by atoms with Gasteiger partial charge in [-0.1, -0.05) is 0 Å². The lowest BCUT2D eigenvalue weighted by molar-refractivity contribution is -0.129. The number of aromatic nitrogens is 2. The Balaban J connectivity index is 1.11. The molecule has 8 nitrogen and oxygen atoms in total. The molecular formula is C31H44IN5O3. The number of hydrogen-bond acceptors (Lipinski definition) is 6. The third-order valence-corrected chi connectivity index (χ3v) is 9.84. The molecule has 1 aromatic carbocycles. The van der Waals surface area contributed by atoms with Crippen LogP contribution in [0, 0.1) is 3.70 Å². The highest BCUT2D eigenvalue weighted by Crippen LogP contribution is 2.36. The van der Waals surface area contributed by atoms with E-state index in [-0.39, 0.29) is 11.9 Å². The predicted octanol–water partition coefficient (Wildman–Crippen LogP) is 5.43. The summed E-state index contributed by atoms with van der Waals surface area (Å²) in [7, 11) is 2.33. The molecule has 2 fully saturated rings. The summed E-state index contributed by atoms with van der Waals surface area (Å²) in [6.07, 6.45) is 7.96. The molecule has 2 aromatic rings. The van der Waals surface area contributed by atoms with Crippen LogP contribution in [0.15, 0.2) is 24.3 Å². The van der Waals surface area contributed by atoms with E-state index in [1.54, 1.807) is 6.92 Å². The number of piperidine rings is 1. The zero-order valence-corrected chi connectivity index (χ0v) is 26.8. The molecule has 0 spiro atoms. The smallest absolute Gasteiger partial charge is 0.338 e. The first-order chi connectivity index (χ1) is 19.0. The normalized spacial score (nSPS) is 22.4. The maximum absolute atomic E-state index is 12.4. The van der Waals surface area contributed by atoms with E-state index in [1.165, 1.54) is 42.6 Å². The van der Waals surface area contributed by atoms with Crippen molar-refractivity contribution in [3.63, 3.8) is 0 Å². The summed E-state index contributed by atoms with van der Waals surface area (Å²) in [6, 6.07) is 9.58. The number of rotatable bonds is 5. The number of carbonyl (C=O) groups is 2. The van der Waals surface area contributed by atoms with Crippen LogP contribution in [0.3, 0.4) is 0 Å². The Hall–Kier alpha value is -2.14. The van der Waals surface area contributed by atoms with Crippen molar-refractivity contribution in [3.05, 3.63) is 44.8 Å². The Bertz CT molecular complexity index is 1200. The van der Waals surface area contributed by atoms with Crippen LogP contribution in [0.1, 0.15) is 93.9 Å². The van der Waals surface area contributed by atoms with Gasteiger partial charge in [0.2, 0.25) is 5.91 Å². The Kier molecular flexibility index (Phi) is 8.80. The fraction of sp³-hybridized carbons (Fsp3) is 0.645. The molecule has 3 aliphatic rings. The molecule has 1 amide bonds. The number of carbonyl (C=O) groups excluding carboxylic acids is 2. The maximum atomic E-state index is 12.4. The second-order valence-corrected chi connectivity index (χ2v) is 13.8. The van der Waals surface area contributed by atoms with Gasteiger partial charge >= 0.3 is 5.97 Å². The molecule has 5 rings (SSSR count). The van der Waals surface area contributed by atoms with Crippen molar-refractivity contribution in [1.82, 2.24) is 19.6 Å². The van der Waals surface area contributed by atoms with E-state index in [2.05, 4.69) is 56.3 Å². The molecule has 0 atom stereocenters. The molecule has 218 valence electrons. The highest BCUT2D eigenvalue weighted by molar-refractivity contribution is 14.1. The highest BCUT2D eigenvalue weighted by Gasteiger charge is 2.33. The van der Waals surface area contributed by atoms with Gasteiger partial charge in [-0.25, -0.2) is 4.79 Å². The molecular weight excluding hydrogens is 617 g/mol. The van der Waals surface area contributed by atoms with Crippen LogP contribution in [0.25, 0.3) is 0 Å². The van der Waals surface area contributed by atoms with Crippen LogP contribution in [-0.4, -0.2) is 75.8 Å². The maximum Gasteiger partial charge on any atom is 0.338 e. The SMILES string of the molecule is CC(=O)N1CCc2c(c(I)nn2C2CCC(N(C)C3CCN(c4ccc(C(=O)OC(C)(C)C)cc4)CC3)CC2)C1. The first kappa shape index (κ1) is 29.4. The summed E-state index contributed by atoms with van der Waals surface area (Å²) in [5, 5.41) is 4.96. The number of benzene rings is 1. The summed E-state index contributed by atoms with van der Waals surface area (Å²) in [5.41, 5.74) is 3.90. The number of esters is 1. The lowest BCUT2D eigenvalue weighted by Gasteiger charge is -2.43. The van der Waals surface area contributed by atoms with Gasteiger partial charge in [0, 0.05) is 62.0 Å². The third kappa shape index (κ3) is 6.50. The molecule has 9 heteroatoms. The van der Waals surface area contributed by atoms with Crippen LogP contribution in [0.2, 0.25) is 0 Å². The Morgan fingerprint density at radius 2 is 1.60 bits per heavy atom. The summed E-state index contributed by atoms with van der Waals surface area (Å²) in [6.45, 7) is 10.9. The van der Waals surface area contributed by atoms with E-state index >= 15 is 0 Å². The first-order valence-corrected chi connectivity index (χ1v) is 15.9. The minimum absolute atomic E-state index is 0.152. The number of ether oxygens (including phenoxy) is 1. The second kappa shape index (κ2) is 12.0. The van der Waals surface area contributed by atoms with E-state index in [0.29, 0.717) is 30.2 Å². The molecule has 1 saturated carbocycles. The molecule has 0 N–H and O–H groups in total. The molecule has 0 unspecified atom stereocenters. The second-order valence-electron chi connectivity index (χ2n) is 12.7. The number of amides is 1. The molecule has 1 aliphatic carbocycles. The Morgan fingerprint density at radius 1 is 0.975 bits per heavy atom. The van der Waals surface area contributed by atoms with Crippen molar-refractivity contribution in [1.29, 1.82) is 0 Å². The van der Waals surface area contributed by atoms with Gasteiger partial charge < -0.3 is 19.4 Å². The van der Waals surface area contributed by atoms with Gasteiger partial charge in [-0.15, -0.1) is 0 Å². The van der Waals surface area contributed by atoms with Gasteiger partial charge in [-0.2, -0.15) is 5.10 Å². The number of hydrogen-bond donors (Lipinski definition) is 0. The minimum atomic E-state index is -0.486. The summed E-state index contributed by atoms with van der Waals surface area (Å²) in [5.74, 6) is -0.115. The summed E-state index contributed by atoms with van der Waals surface area (Å²) >= 11 is 2.35. The standard InChI is InChI=1S/C31H44IN5O3/c1-21(38)36-19-16-28-27(20-36)29(32)33-37(28)26-12-10-23(11-13-26)34(5)24-14-17-35(18-15-24)25-8-6-22(7-9-25)30(39)40-31(2,3)4/h6-9,23-24,26H,10-20H2,1-5H3. The summed E-state index contributed by atoms with van der Waals surface area (Å²) < 4.78 is 8.88. The highest BCUT2D eigenvalue weighted by atomic mass is 127. The molecule has 1 saturated heterocycles. The van der Waals surface area contributed by atoms with E-state index < -0.39 is 5.60 Å². The van der Waals surface area contributed by atoms with Crippen LogP contribution in [-0.2, 0) is 22.5 Å². The number of anilines is 1. The predicted molar refractivity (Wildman–Crippen MR) is 166 cm³/mol. The monoisotopic (exact) mass is 661 g/mol. The molecule has 2 aliphatic heterocycles. The van der Waals surface area contributed by atoms with Crippen molar-refractivity contribution >= 4 is 40.2 Å². The average molecular weight is 662 g/mol. The van der Waals surface area contributed by atoms with E-state index in [1.807, 2.05) is 37.8 Å². The van der Waals surface area contributed by atoms with Crippen molar-refractivity contribution in [2.75, 3.05) is 31.6 Å². The average Bonchev–Trinajstić information content (AvgIpc) is 3.27. The minimum Gasteiger partial charge on any atom is -0.456 e. The number of nitrogens with zero attached hydrogens (tertiary/aromatic N) is 5. The zero-order chi connectivity index (χ0) is 28.6. The van der Waals surface area contributed by atoms with Crippen LogP contribution >= 0.6 is 22.6 Å². The van der Waals surface area contributed by atoms with Crippen molar-refractivity contribution in [2.45, 2.75) is 103 Å². The fourth-order valence-corrected chi connectivity index (χ4v) is 7.38. The van der Waals surface area contributed by atoms with E-state index in [9.17, 15) is 9.59 Å². The van der Waals surface area contributed by atoms with Crippen LogP contribution < -0.4 is 4.90 Å². The molecule has 0 bridgehead atoms.